The molecule has 23 heavy (non-hydrogen) atoms. The van der Waals surface area contributed by atoms with Crippen molar-refractivity contribution in [2.45, 2.75) is 13.0 Å². The van der Waals surface area contributed by atoms with Gasteiger partial charge in [0.25, 0.3) is 5.69 Å². The smallest absolute Gasteiger partial charge is 0.487 e. The molecule has 0 amide bonds. The highest BCUT2D eigenvalue weighted by molar-refractivity contribution is 6.32. The Morgan fingerprint density at radius 2 is 1.91 bits per heavy atom. The van der Waals surface area contributed by atoms with Crippen molar-refractivity contribution in [2.24, 2.45) is 0 Å². The Bertz CT molecular complexity index is 721. The number of non-ortho nitro benzene ring substituents is 1. The van der Waals surface area contributed by atoms with Crippen LogP contribution in [0.4, 0.5) is 18.9 Å². The first kappa shape index (κ1) is 16.9. The molecule has 0 radical (unpaired) electrons. The Kier molecular flexibility index (Phi) is 4.95. The van der Waals surface area contributed by atoms with Gasteiger partial charge in [-0.2, -0.15) is 0 Å². The summed E-state index contributed by atoms with van der Waals surface area (Å²) in [5.74, 6) is -0.187. The van der Waals surface area contributed by atoms with Gasteiger partial charge in [-0.1, -0.05) is 23.7 Å². The van der Waals surface area contributed by atoms with Crippen molar-refractivity contribution in [3.8, 4) is 11.5 Å². The van der Waals surface area contributed by atoms with Gasteiger partial charge in [-0.25, -0.2) is 0 Å². The average Bonchev–Trinajstić information content (AvgIpc) is 2.44. The Labute approximate surface area is 133 Å². The highest BCUT2D eigenvalue weighted by atomic mass is 35.5. The first-order chi connectivity index (χ1) is 10.7. The number of hydrogen-bond donors (Lipinski definition) is 0. The molecule has 0 aromatic heterocycles. The van der Waals surface area contributed by atoms with Crippen LogP contribution in [0, 0.1) is 10.1 Å². The summed E-state index contributed by atoms with van der Waals surface area (Å²) in [6.45, 7) is -0.0768. The summed E-state index contributed by atoms with van der Waals surface area (Å²) in [5, 5.41) is 10.6. The van der Waals surface area contributed by atoms with E-state index in [0.717, 1.165) is 12.1 Å². The number of benzene rings is 2. The summed E-state index contributed by atoms with van der Waals surface area (Å²) in [6, 6.07) is 8.92. The molecule has 0 saturated carbocycles. The first-order valence-corrected chi connectivity index (χ1v) is 6.54. The van der Waals surface area contributed by atoms with Crippen LogP contribution in [0.25, 0.3) is 0 Å². The van der Waals surface area contributed by atoms with Crippen LogP contribution >= 0.6 is 11.6 Å². The third-order valence-electron chi connectivity index (χ3n) is 2.65. The van der Waals surface area contributed by atoms with Gasteiger partial charge < -0.3 is 9.47 Å². The van der Waals surface area contributed by atoms with Gasteiger partial charge in [-0.05, 0) is 23.8 Å². The van der Waals surface area contributed by atoms with E-state index < -0.39 is 11.3 Å². The maximum absolute atomic E-state index is 12.2. The van der Waals surface area contributed by atoms with Crippen molar-refractivity contribution >= 4 is 17.3 Å². The number of hydrogen-bond acceptors (Lipinski definition) is 4. The van der Waals surface area contributed by atoms with E-state index in [2.05, 4.69) is 4.74 Å². The highest BCUT2D eigenvalue weighted by Gasteiger charge is 2.31. The number of nitro benzene ring substituents is 1. The van der Waals surface area contributed by atoms with Gasteiger partial charge in [-0.3, -0.25) is 10.1 Å². The van der Waals surface area contributed by atoms with Crippen LogP contribution in [0.5, 0.6) is 11.5 Å². The molecule has 2 aromatic carbocycles. The van der Waals surface area contributed by atoms with Crippen LogP contribution in [-0.2, 0) is 6.61 Å². The molecule has 0 heterocycles. The van der Waals surface area contributed by atoms with Gasteiger partial charge in [-0.15, -0.1) is 13.2 Å². The van der Waals surface area contributed by atoms with Gasteiger partial charge in [0.1, 0.15) is 18.1 Å². The van der Waals surface area contributed by atoms with E-state index in [1.807, 2.05) is 0 Å². The van der Waals surface area contributed by atoms with Crippen LogP contribution in [-0.4, -0.2) is 11.3 Å². The lowest BCUT2D eigenvalue weighted by molar-refractivity contribution is -0.384. The first-order valence-electron chi connectivity index (χ1n) is 6.16. The number of alkyl halides is 3. The van der Waals surface area contributed by atoms with E-state index in [9.17, 15) is 23.3 Å². The molecule has 0 aliphatic carbocycles. The maximum Gasteiger partial charge on any atom is 0.573 e. The number of nitro groups is 1. The number of ether oxygens (including phenoxy) is 2. The second-order valence-corrected chi connectivity index (χ2v) is 4.76. The SMILES string of the molecule is O=[N+]([O-])c1ccc(OCc2cccc(OC(F)(F)F)c2)c(Cl)c1. The van der Waals surface area contributed by atoms with Crippen LogP contribution in [0.3, 0.4) is 0 Å². The average molecular weight is 348 g/mol. The molecule has 0 fully saturated rings. The van der Waals surface area contributed by atoms with Crippen molar-refractivity contribution in [3.63, 3.8) is 0 Å². The van der Waals surface area contributed by atoms with Crippen molar-refractivity contribution in [1.82, 2.24) is 0 Å². The zero-order valence-corrected chi connectivity index (χ0v) is 12.1. The quantitative estimate of drug-likeness (QED) is 0.579. The maximum atomic E-state index is 12.2. The van der Waals surface area contributed by atoms with E-state index >= 15 is 0 Å². The van der Waals surface area contributed by atoms with E-state index in [1.54, 1.807) is 6.07 Å². The summed E-state index contributed by atoms with van der Waals surface area (Å²) < 4.78 is 45.6. The van der Waals surface area contributed by atoms with Crippen LogP contribution < -0.4 is 9.47 Å². The molecule has 0 N–H and O–H groups in total. The van der Waals surface area contributed by atoms with Crippen molar-refractivity contribution in [1.29, 1.82) is 0 Å². The fourth-order valence-corrected chi connectivity index (χ4v) is 1.94. The number of halogens is 4. The number of rotatable bonds is 5. The zero-order valence-electron chi connectivity index (χ0n) is 11.3. The van der Waals surface area contributed by atoms with Crippen LogP contribution in [0.1, 0.15) is 5.56 Å². The predicted molar refractivity (Wildman–Crippen MR) is 75.6 cm³/mol. The topological polar surface area (TPSA) is 61.6 Å². The molecule has 0 aliphatic heterocycles. The van der Waals surface area contributed by atoms with E-state index in [0.29, 0.717) is 5.56 Å². The molecule has 0 aliphatic rings. The minimum absolute atomic E-state index is 0.0295. The second kappa shape index (κ2) is 6.74. The van der Waals surface area contributed by atoms with E-state index in [-0.39, 0.29) is 28.8 Å². The van der Waals surface area contributed by atoms with E-state index in [1.165, 1.54) is 24.3 Å². The molecular formula is C14H9ClF3NO4. The van der Waals surface area contributed by atoms with Gasteiger partial charge in [0.15, 0.2) is 0 Å². The largest absolute Gasteiger partial charge is 0.573 e. The molecule has 0 spiro atoms. The zero-order chi connectivity index (χ0) is 17.0. The molecule has 0 atom stereocenters. The summed E-state index contributed by atoms with van der Waals surface area (Å²) in [7, 11) is 0. The molecule has 0 bridgehead atoms. The van der Waals surface area contributed by atoms with Crippen molar-refractivity contribution < 1.29 is 27.6 Å². The van der Waals surface area contributed by atoms with Gasteiger partial charge in [0.05, 0.1) is 9.95 Å². The lowest BCUT2D eigenvalue weighted by Gasteiger charge is -2.11. The molecule has 2 rings (SSSR count). The standard InChI is InChI=1S/C14H9ClF3NO4/c15-12-7-10(19(20)21)4-5-13(12)22-8-9-2-1-3-11(6-9)23-14(16,17)18/h1-7H,8H2. The lowest BCUT2D eigenvalue weighted by atomic mass is 10.2. The van der Waals surface area contributed by atoms with E-state index in [4.69, 9.17) is 16.3 Å². The molecule has 9 heteroatoms. The molecule has 0 saturated heterocycles. The third-order valence-corrected chi connectivity index (χ3v) is 2.95. The second-order valence-electron chi connectivity index (χ2n) is 4.36. The van der Waals surface area contributed by atoms with Crippen LogP contribution in [0.2, 0.25) is 5.02 Å². The fraction of sp³-hybridized carbons (Fsp3) is 0.143. The molecule has 2 aromatic rings. The third kappa shape index (κ3) is 5.03. The number of nitrogens with zero attached hydrogens (tertiary/aromatic N) is 1. The van der Waals surface area contributed by atoms with Crippen LogP contribution in [0.15, 0.2) is 42.5 Å². The Hall–Kier alpha value is -2.48. The fourth-order valence-electron chi connectivity index (χ4n) is 1.71. The monoisotopic (exact) mass is 347 g/mol. The molecule has 0 unspecified atom stereocenters. The summed E-state index contributed by atoms with van der Waals surface area (Å²) >= 11 is 5.86. The van der Waals surface area contributed by atoms with Crippen molar-refractivity contribution in [3.05, 3.63) is 63.2 Å². The van der Waals surface area contributed by atoms with Gasteiger partial charge in [0.2, 0.25) is 0 Å². The summed E-state index contributed by atoms with van der Waals surface area (Å²) in [6.07, 6.45) is -4.78. The Balaban J connectivity index is 2.06. The Morgan fingerprint density at radius 1 is 1.17 bits per heavy atom. The highest BCUT2D eigenvalue weighted by Crippen LogP contribution is 2.30. The summed E-state index contributed by atoms with van der Waals surface area (Å²) in [5.41, 5.74) is 0.226. The van der Waals surface area contributed by atoms with Crippen molar-refractivity contribution in [2.75, 3.05) is 0 Å². The molecule has 122 valence electrons. The van der Waals surface area contributed by atoms with Gasteiger partial charge in [0, 0.05) is 12.1 Å². The predicted octanol–water partition coefficient (Wildman–Crippen LogP) is 4.73. The van der Waals surface area contributed by atoms with Gasteiger partial charge >= 0.3 is 6.36 Å². The Morgan fingerprint density at radius 3 is 2.52 bits per heavy atom. The lowest BCUT2D eigenvalue weighted by Crippen LogP contribution is -2.17. The normalized spacial score (nSPS) is 11.1. The minimum atomic E-state index is -4.78. The molecule has 5 nitrogen and oxygen atoms in total. The minimum Gasteiger partial charge on any atom is -0.487 e. The summed E-state index contributed by atoms with van der Waals surface area (Å²) in [4.78, 5) is 9.99. The molecular weight excluding hydrogens is 339 g/mol.